The third kappa shape index (κ3) is 4.51. The van der Waals surface area contributed by atoms with Gasteiger partial charge in [-0.25, -0.2) is 0 Å². The molecule has 1 heterocycles. The van der Waals surface area contributed by atoms with Gasteiger partial charge in [0.2, 0.25) is 5.91 Å². The zero-order valence-corrected chi connectivity index (χ0v) is 17.4. The van der Waals surface area contributed by atoms with Crippen molar-refractivity contribution in [3.8, 4) is 0 Å². The molecule has 3 rings (SSSR count). The Morgan fingerprint density at radius 3 is 2.27 bits per heavy atom. The number of carbonyl (C=O) groups excluding carboxylic acids is 3. The number of anilines is 1. The van der Waals surface area contributed by atoms with Crippen molar-refractivity contribution in [3.63, 3.8) is 0 Å². The molecule has 0 aliphatic carbocycles. The van der Waals surface area contributed by atoms with Gasteiger partial charge in [0.05, 0.1) is 13.5 Å². The van der Waals surface area contributed by atoms with Crippen molar-refractivity contribution in [1.82, 2.24) is 5.32 Å². The maximum atomic E-state index is 12.8. The minimum atomic E-state index is -0.507. The molecule has 30 heavy (non-hydrogen) atoms. The predicted molar refractivity (Wildman–Crippen MR) is 114 cm³/mol. The van der Waals surface area contributed by atoms with Crippen molar-refractivity contribution in [2.45, 2.75) is 27.2 Å². The van der Waals surface area contributed by atoms with E-state index in [1.54, 1.807) is 24.3 Å². The lowest BCUT2D eigenvalue weighted by Gasteiger charge is -2.07. The first-order chi connectivity index (χ1) is 14.3. The molecule has 0 saturated heterocycles. The Morgan fingerprint density at radius 1 is 0.967 bits per heavy atom. The number of amides is 2. The van der Waals surface area contributed by atoms with Crippen LogP contribution >= 0.6 is 0 Å². The Kier molecular flexibility index (Phi) is 6.20. The van der Waals surface area contributed by atoms with Gasteiger partial charge in [-0.2, -0.15) is 0 Å². The van der Waals surface area contributed by atoms with Crippen LogP contribution in [0, 0.1) is 20.8 Å². The molecule has 1 aromatic heterocycles. The summed E-state index contributed by atoms with van der Waals surface area (Å²) in [5, 5.41) is 6.28. The number of aryl methyl sites for hydroxylation is 3. The topological polar surface area (TPSA) is 97.6 Å². The average Bonchev–Trinajstić information content (AvgIpc) is 3.09. The molecule has 0 bridgehead atoms. The molecule has 0 radical (unpaired) electrons. The van der Waals surface area contributed by atoms with Crippen LogP contribution in [0.4, 0.5) is 5.69 Å². The van der Waals surface area contributed by atoms with Gasteiger partial charge in [-0.15, -0.1) is 0 Å². The number of esters is 1. The SMILES string of the molecule is COC(=O)CNC(=O)Cc1ccc(NC(=O)c2oc3c(C)ccc(C)c3c2C)cc1. The molecular formula is C23H24N2O5. The van der Waals surface area contributed by atoms with Crippen LogP contribution < -0.4 is 10.6 Å². The highest BCUT2D eigenvalue weighted by molar-refractivity contribution is 6.07. The molecule has 2 amide bonds. The van der Waals surface area contributed by atoms with Crippen LogP contribution in [0.3, 0.4) is 0 Å². The van der Waals surface area contributed by atoms with Crippen molar-refractivity contribution in [3.05, 3.63) is 64.4 Å². The Labute approximate surface area is 174 Å². The first kappa shape index (κ1) is 21.1. The van der Waals surface area contributed by atoms with E-state index in [9.17, 15) is 14.4 Å². The highest BCUT2D eigenvalue weighted by Gasteiger charge is 2.20. The van der Waals surface area contributed by atoms with Crippen LogP contribution in [0.1, 0.15) is 32.8 Å². The van der Waals surface area contributed by atoms with Gasteiger partial charge in [-0.1, -0.05) is 24.3 Å². The third-order valence-electron chi connectivity index (χ3n) is 4.92. The Balaban J connectivity index is 1.68. The number of fused-ring (bicyclic) bond motifs is 1. The molecule has 0 unspecified atom stereocenters. The zero-order chi connectivity index (χ0) is 21.8. The smallest absolute Gasteiger partial charge is 0.325 e. The van der Waals surface area contributed by atoms with E-state index < -0.39 is 5.97 Å². The molecule has 0 spiro atoms. The van der Waals surface area contributed by atoms with Crippen molar-refractivity contribution in [2.24, 2.45) is 0 Å². The lowest BCUT2D eigenvalue weighted by molar-refractivity contribution is -0.141. The number of ether oxygens (including phenoxy) is 1. The van der Waals surface area contributed by atoms with Crippen LogP contribution in [0.15, 0.2) is 40.8 Å². The molecule has 0 saturated carbocycles. The van der Waals surface area contributed by atoms with Gasteiger partial charge in [0.15, 0.2) is 5.76 Å². The summed E-state index contributed by atoms with van der Waals surface area (Å²) in [7, 11) is 1.26. The van der Waals surface area contributed by atoms with Gasteiger partial charge in [0.1, 0.15) is 12.1 Å². The summed E-state index contributed by atoms with van der Waals surface area (Å²) >= 11 is 0. The van der Waals surface area contributed by atoms with E-state index in [0.717, 1.165) is 33.2 Å². The largest absolute Gasteiger partial charge is 0.468 e. The normalized spacial score (nSPS) is 10.7. The summed E-state index contributed by atoms with van der Waals surface area (Å²) in [5.41, 5.74) is 4.92. The molecule has 0 atom stereocenters. The molecule has 156 valence electrons. The highest BCUT2D eigenvalue weighted by Crippen LogP contribution is 2.31. The summed E-state index contributed by atoms with van der Waals surface area (Å²) in [6, 6.07) is 10.9. The molecule has 3 aromatic rings. The van der Waals surface area contributed by atoms with Crippen LogP contribution in [0.2, 0.25) is 0 Å². The number of nitrogens with one attached hydrogen (secondary N) is 2. The number of benzene rings is 2. The first-order valence-corrected chi connectivity index (χ1v) is 9.53. The molecule has 2 aromatic carbocycles. The number of rotatable bonds is 6. The van der Waals surface area contributed by atoms with Gasteiger partial charge in [-0.3, -0.25) is 14.4 Å². The van der Waals surface area contributed by atoms with E-state index in [0.29, 0.717) is 5.69 Å². The second-order valence-electron chi connectivity index (χ2n) is 7.14. The quantitative estimate of drug-likeness (QED) is 0.609. The van der Waals surface area contributed by atoms with Gasteiger partial charge in [0.25, 0.3) is 5.91 Å². The molecule has 0 fully saturated rings. The van der Waals surface area contributed by atoms with E-state index >= 15 is 0 Å². The van der Waals surface area contributed by atoms with E-state index in [1.165, 1.54) is 7.11 Å². The van der Waals surface area contributed by atoms with E-state index in [2.05, 4.69) is 15.4 Å². The second-order valence-corrected chi connectivity index (χ2v) is 7.14. The predicted octanol–water partition coefficient (Wildman–Crippen LogP) is 3.44. The number of carbonyl (C=O) groups is 3. The second kappa shape index (κ2) is 8.82. The fourth-order valence-corrected chi connectivity index (χ4v) is 3.28. The van der Waals surface area contributed by atoms with Crippen LogP contribution in [-0.4, -0.2) is 31.4 Å². The number of hydrogen-bond donors (Lipinski definition) is 2. The van der Waals surface area contributed by atoms with Crippen LogP contribution in [0.25, 0.3) is 11.0 Å². The lowest BCUT2D eigenvalue weighted by Crippen LogP contribution is -2.31. The summed E-state index contributed by atoms with van der Waals surface area (Å²) in [5.74, 6) is -0.840. The van der Waals surface area contributed by atoms with Crippen molar-refractivity contribution in [1.29, 1.82) is 0 Å². The van der Waals surface area contributed by atoms with Gasteiger partial charge in [0, 0.05) is 16.6 Å². The Morgan fingerprint density at radius 2 is 1.63 bits per heavy atom. The van der Waals surface area contributed by atoms with E-state index in [4.69, 9.17) is 4.42 Å². The highest BCUT2D eigenvalue weighted by atomic mass is 16.5. The zero-order valence-electron chi connectivity index (χ0n) is 17.4. The molecule has 0 aliphatic rings. The molecule has 0 aliphatic heterocycles. The fourth-order valence-electron chi connectivity index (χ4n) is 3.28. The maximum absolute atomic E-state index is 12.8. The Hall–Kier alpha value is -3.61. The fraction of sp³-hybridized carbons (Fsp3) is 0.261. The van der Waals surface area contributed by atoms with Gasteiger partial charge in [-0.05, 0) is 49.6 Å². The summed E-state index contributed by atoms with van der Waals surface area (Å²) in [4.78, 5) is 35.7. The summed E-state index contributed by atoms with van der Waals surface area (Å²) in [6.45, 7) is 5.65. The van der Waals surface area contributed by atoms with Crippen molar-refractivity contribution >= 4 is 34.4 Å². The van der Waals surface area contributed by atoms with Crippen LogP contribution in [0.5, 0.6) is 0 Å². The molecule has 2 N–H and O–H groups in total. The number of hydrogen-bond acceptors (Lipinski definition) is 5. The first-order valence-electron chi connectivity index (χ1n) is 9.53. The lowest BCUT2D eigenvalue weighted by atomic mass is 10.0. The van der Waals surface area contributed by atoms with Crippen molar-refractivity contribution < 1.29 is 23.5 Å². The average molecular weight is 408 g/mol. The summed E-state index contributed by atoms with van der Waals surface area (Å²) < 4.78 is 10.4. The Bertz CT molecular complexity index is 1110. The molecule has 7 heteroatoms. The van der Waals surface area contributed by atoms with E-state index in [-0.39, 0.29) is 30.5 Å². The van der Waals surface area contributed by atoms with Crippen molar-refractivity contribution in [2.75, 3.05) is 19.0 Å². The third-order valence-corrected chi connectivity index (χ3v) is 4.92. The minimum Gasteiger partial charge on any atom is -0.468 e. The summed E-state index contributed by atoms with van der Waals surface area (Å²) in [6.07, 6.45) is 0.118. The standard InChI is InChI=1S/C23H24N2O5/c1-13-5-6-14(2)21-20(13)15(3)22(30-21)23(28)25-17-9-7-16(8-10-17)11-18(26)24-12-19(27)29-4/h5-10H,11-12H2,1-4H3,(H,24,26)(H,25,28). The number of methoxy groups -OCH3 is 1. The molecule has 7 nitrogen and oxygen atoms in total. The van der Waals surface area contributed by atoms with Crippen LogP contribution in [-0.2, 0) is 20.7 Å². The maximum Gasteiger partial charge on any atom is 0.325 e. The van der Waals surface area contributed by atoms with Gasteiger partial charge < -0.3 is 19.8 Å². The van der Waals surface area contributed by atoms with E-state index in [1.807, 2.05) is 32.9 Å². The van der Waals surface area contributed by atoms with Gasteiger partial charge >= 0.3 is 5.97 Å². The monoisotopic (exact) mass is 408 g/mol. The molecular weight excluding hydrogens is 384 g/mol. The number of furan rings is 1. The minimum absolute atomic E-state index is 0.118.